The number of amides is 1. The van der Waals surface area contributed by atoms with Crippen molar-refractivity contribution < 1.29 is 9.53 Å². The summed E-state index contributed by atoms with van der Waals surface area (Å²) in [5, 5.41) is 1.17. The fraction of sp³-hybridized carbons (Fsp3) is 0.263. The van der Waals surface area contributed by atoms with Crippen LogP contribution < -0.4 is 14.5 Å². The summed E-state index contributed by atoms with van der Waals surface area (Å²) in [5.41, 5.74) is 2.92. The highest BCUT2D eigenvalue weighted by Crippen LogP contribution is 2.50. The lowest BCUT2D eigenvalue weighted by Crippen LogP contribution is -2.42. The zero-order chi connectivity index (χ0) is 19.4. The molecule has 4 heterocycles. The van der Waals surface area contributed by atoms with Gasteiger partial charge in [0.05, 0.1) is 23.7 Å². The molecule has 0 saturated carbocycles. The smallest absolute Gasteiger partial charge is 0.250 e. The van der Waals surface area contributed by atoms with Crippen LogP contribution in [-0.4, -0.2) is 48.7 Å². The summed E-state index contributed by atoms with van der Waals surface area (Å²) < 4.78 is 6.25. The van der Waals surface area contributed by atoms with Gasteiger partial charge < -0.3 is 9.64 Å². The Morgan fingerprint density at radius 2 is 2.11 bits per heavy atom. The molecule has 3 aromatic rings. The third-order valence-corrected chi connectivity index (χ3v) is 7.13. The van der Waals surface area contributed by atoms with Crippen molar-refractivity contribution in [3.8, 4) is 5.75 Å². The molecule has 9 heteroatoms. The number of aliphatic imine (C=N–C) groups is 1. The molecule has 142 valence electrons. The quantitative estimate of drug-likeness (QED) is 0.658. The number of hydrogen-bond acceptors (Lipinski definition) is 8. The van der Waals surface area contributed by atoms with Gasteiger partial charge in [-0.3, -0.25) is 9.79 Å². The molecule has 2 aliphatic heterocycles. The van der Waals surface area contributed by atoms with Gasteiger partial charge in [-0.1, -0.05) is 23.1 Å². The van der Waals surface area contributed by atoms with Gasteiger partial charge in [-0.05, 0) is 24.3 Å². The molecule has 0 N–H and O–H groups in total. The molecule has 7 nitrogen and oxygen atoms in total. The summed E-state index contributed by atoms with van der Waals surface area (Å²) >= 11 is 2.94. The Labute approximate surface area is 170 Å². The summed E-state index contributed by atoms with van der Waals surface area (Å²) in [6.07, 6.45) is 3.39. The first-order chi connectivity index (χ1) is 13.6. The number of pyridine rings is 1. The van der Waals surface area contributed by atoms with Crippen molar-refractivity contribution in [1.82, 2.24) is 9.97 Å². The number of ether oxygens (including phenoxy) is 1. The fourth-order valence-corrected chi connectivity index (χ4v) is 5.71. The Balaban J connectivity index is 1.53. The number of anilines is 2. The molecule has 2 aromatic heterocycles. The van der Waals surface area contributed by atoms with E-state index in [1.165, 1.54) is 23.1 Å². The molecule has 0 aliphatic carbocycles. The Morgan fingerprint density at radius 3 is 2.89 bits per heavy atom. The van der Waals surface area contributed by atoms with E-state index in [0.717, 1.165) is 32.2 Å². The van der Waals surface area contributed by atoms with Crippen molar-refractivity contribution in [1.29, 1.82) is 0 Å². The molecule has 0 bridgehead atoms. The summed E-state index contributed by atoms with van der Waals surface area (Å²) in [6, 6.07) is 7.44. The number of benzene rings is 1. The Hall–Kier alpha value is -2.65. The minimum Gasteiger partial charge on any atom is -0.497 e. The molecule has 2 aliphatic rings. The second kappa shape index (κ2) is 6.46. The zero-order valence-corrected chi connectivity index (χ0v) is 17.1. The number of fused-ring (bicyclic) bond motifs is 4. The van der Waals surface area contributed by atoms with Crippen LogP contribution in [0.4, 0.5) is 10.8 Å². The largest absolute Gasteiger partial charge is 0.497 e. The number of thioether (sulfide) groups is 1. The minimum atomic E-state index is -0.324. The van der Waals surface area contributed by atoms with Crippen LogP contribution in [-0.2, 0) is 4.79 Å². The highest BCUT2D eigenvalue weighted by Gasteiger charge is 2.45. The van der Waals surface area contributed by atoms with Crippen LogP contribution in [0.2, 0.25) is 0 Å². The summed E-state index contributed by atoms with van der Waals surface area (Å²) in [4.78, 5) is 30.7. The number of hydrogen-bond donors (Lipinski definition) is 0. The maximum Gasteiger partial charge on any atom is 0.250 e. The zero-order valence-electron chi connectivity index (χ0n) is 15.5. The highest BCUT2D eigenvalue weighted by atomic mass is 32.2. The fourth-order valence-electron chi connectivity index (χ4n) is 3.48. The third kappa shape index (κ3) is 2.57. The second-order valence-electron chi connectivity index (χ2n) is 6.73. The van der Waals surface area contributed by atoms with Crippen molar-refractivity contribution in [2.24, 2.45) is 4.99 Å². The van der Waals surface area contributed by atoms with E-state index in [-0.39, 0.29) is 17.2 Å². The van der Waals surface area contributed by atoms with Gasteiger partial charge in [-0.25, -0.2) is 14.9 Å². The van der Waals surface area contributed by atoms with E-state index in [9.17, 15) is 4.79 Å². The molecule has 2 unspecified atom stereocenters. The first-order valence-corrected chi connectivity index (χ1v) is 10.4. The molecule has 28 heavy (non-hydrogen) atoms. The molecule has 1 amide bonds. The summed E-state index contributed by atoms with van der Waals surface area (Å²) in [5.74, 6) is 0.754. The number of carbonyl (C=O) groups is 1. The van der Waals surface area contributed by atoms with Crippen LogP contribution in [0.5, 0.6) is 5.75 Å². The number of methoxy groups -OCH3 is 1. The number of carbonyl (C=O) groups excluding carboxylic acids is 1. The van der Waals surface area contributed by atoms with Gasteiger partial charge in [0.2, 0.25) is 5.91 Å². The molecule has 1 aromatic carbocycles. The van der Waals surface area contributed by atoms with Crippen molar-refractivity contribution >= 4 is 56.4 Å². The molecule has 2 atom stereocenters. The molecular weight excluding hydrogens is 394 g/mol. The molecular formula is C19H17N5O2S2. The maximum atomic E-state index is 13.3. The van der Waals surface area contributed by atoms with Crippen molar-refractivity contribution in [2.45, 2.75) is 16.3 Å². The number of thiazole rings is 1. The number of rotatable bonds is 3. The molecule has 0 spiro atoms. The van der Waals surface area contributed by atoms with E-state index < -0.39 is 0 Å². The molecule has 5 rings (SSSR count). The van der Waals surface area contributed by atoms with E-state index >= 15 is 0 Å². The summed E-state index contributed by atoms with van der Waals surface area (Å²) in [6.45, 7) is 0. The third-order valence-electron chi connectivity index (χ3n) is 4.85. The Kier molecular flexibility index (Phi) is 4.02. The first kappa shape index (κ1) is 17.4. The Morgan fingerprint density at radius 1 is 1.25 bits per heavy atom. The second-order valence-corrected chi connectivity index (χ2v) is 8.87. The lowest BCUT2D eigenvalue weighted by Gasteiger charge is -2.27. The number of nitrogens with zero attached hydrogens (tertiary/aromatic N) is 5. The minimum absolute atomic E-state index is 0.0151. The van der Waals surface area contributed by atoms with E-state index in [4.69, 9.17) is 9.73 Å². The van der Waals surface area contributed by atoms with Gasteiger partial charge in [0.25, 0.3) is 0 Å². The normalized spacial score (nSPS) is 20.4. The molecule has 0 saturated heterocycles. The van der Waals surface area contributed by atoms with Gasteiger partial charge in [-0.15, -0.1) is 0 Å². The average Bonchev–Trinajstić information content (AvgIpc) is 3.29. The van der Waals surface area contributed by atoms with Crippen LogP contribution in [0.15, 0.2) is 40.5 Å². The topological polar surface area (TPSA) is 70.9 Å². The van der Waals surface area contributed by atoms with E-state index in [1.54, 1.807) is 24.5 Å². The number of aromatic nitrogens is 2. The predicted molar refractivity (Wildman–Crippen MR) is 113 cm³/mol. The van der Waals surface area contributed by atoms with E-state index in [0.29, 0.717) is 5.13 Å². The van der Waals surface area contributed by atoms with Crippen LogP contribution in [0.1, 0.15) is 11.6 Å². The van der Waals surface area contributed by atoms with Crippen molar-refractivity contribution in [3.63, 3.8) is 0 Å². The van der Waals surface area contributed by atoms with Crippen LogP contribution in [0.25, 0.3) is 10.2 Å². The standard InChI is InChI=1S/C19H17N5O2S2/c1-23(2)12-6-7-20-17-14(12)15-16(28-17)18(25)24(9-21-15)19-22-11-5-4-10(26-3)8-13(11)27-19/h4-9,15-16H,1-3H3. The maximum absolute atomic E-state index is 13.3. The SMILES string of the molecule is COc1ccc2nc(N3C=NC4c5c(N(C)C)ccnc5SC4C3=O)sc2c1. The van der Waals surface area contributed by atoms with Gasteiger partial charge in [-0.2, -0.15) is 0 Å². The predicted octanol–water partition coefficient (Wildman–Crippen LogP) is 3.36. The van der Waals surface area contributed by atoms with E-state index in [2.05, 4.69) is 9.97 Å². The lowest BCUT2D eigenvalue weighted by molar-refractivity contribution is -0.117. The Bertz CT molecular complexity index is 1130. The van der Waals surface area contributed by atoms with Crippen molar-refractivity contribution in [2.75, 3.05) is 31.0 Å². The van der Waals surface area contributed by atoms with Crippen LogP contribution >= 0.6 is 23.1 Å². The van der Waals surface area contributed by atoms with E-state index in [1.807, 2.05) is 43.3 Å². The highest BCUT2D eigenvalue weighted by molar-refractivity contribution is 8.01. The lowest BCUT2D eigenvalue weighted by atomic mass is 10.0. The summed E-state index contributed by atoms with van der Waals surface area (Å²) in [7, 11) is 5.61. The van der Waals surface area contributed by atoms with Gasteiger partial charge in [0.1, 0.15) is 22.1 Å². The van der Waals surface area contributed by atoms with Crippen LogP contribution in [0, 0.1) is 0 Å². The first-order valence-electron chi connectivity index (χ1n) is 8.70. The van der Waals surface area contributed by atoms with Crippen LogP contribution in [0.3, 0.4) is 0 Å². The monoisotopic (exact) mass is 411 g/mol. The molecule has 0 fully saturated rings. The van der Waals surface area contributed by atoms with Gasteiger partial charge in [0.15, 0.2) is 5.13 Å². The van der Waals surface area contributed by atoms with Gasteiger partial charge in [0, 0.05) is 31.5 Å². The average molecular weight is 412 g/mol. The van der Waals surface area contributed by atoms with Crippen molar-refractivity contribution in [3.05, 3.63) is 36.0 Å². The molecule has 0 radical (unpaired) electrons. The van der Waals surface area contributed by atoms with Gasteiger partial charge >= 0.3 is 0 Å².